The number of hydrogen-bond acceptors (Lipinski definition) is 3. The summed E-state index contributed by atoms with van der Waals surface area (Å²) in [6, 6.07) is 9.83. The Morgan fingerprint density at radius 3 is 2.61 bits per heavy atom. The van der Waals surface area contributed by atoms with Crippen molar-refractivity contribution in [1.82, 2.24) is 4.90 Å². The Balaban J connectivity index is 2.49. The molecule has 1 atom stereocenters. The average molecular weight is 247 g/mol. The summed E-state index contributed by atoms with van der Waals surface area (Å²) in [7, 11) is 0. The van der Waals surface area contributed by atoms with Crippen LogP contribution in [-0.4, -0.2) is 47.5 Å². The minimum absolute atomic E-state index is 0.202. The standard InChI is InChI=1S/C15H21NO2/c1-2-10-16(12-15(18)13-17)11-6-9-14-7-4-3-5-8-14/h3-5,7-8,15,17-18H,2,10-13H2,1H3. The Hall–Kier alpha value is -1.34. The summed E-state index contributed by atoms with van der Waals surface area (Å²) < 4.78 is 0. The fourth-order valence-electron chi connectivity index (χ4n) is 1.68. The van der Waals surface area contributed by atoms with Gasteiger partial charge in [-0.2, -0.15) is 0 Å². The first kappa shape index (κ1) is 14.7. The molecule has 0 saturated heterocycles. The summed E-state index contributed by atoms with van der Waals surface area (Å²) in [6.07, 6.45) is 0.320. The number of hydrogen-bond donors (Lipinski definition) is 2. The Morgan fingerprint density at radius 1 is 1.28 bits per heavy atom. The molecule has 1 aromatic carbocycles. The van der Waals surface area contributed by atoms with Crippen molar-refractivity contribution in [2.45, 2.75) is 19.4 Å². The largest absolute Gasteiger partial charge is 0.394 e. The molecular formula is C15H21NO2. The second-order valence-corrected chi connectivity index (χ2v) is 4.24. The van der Waals surface area contributed by atoms with Crippen LogP contribution in [-0.2, 0) is 0 Å². The molecule has 0 spiro atoms. The quantitative estimate of drug-likeness (QED) is 0.740. The van der Waals surface area contributed by atoms with Crippen LogP contribution in [0, 0.1) is 11.8 Å². The van der Waals surface area contributed by atoms with E-state index < -0.39 is 6.10 Å². The van der Waals surface area contributed by atoms with Crippen molar-refractivity contribution >= 4 is 0 Å². The SMILES string of the molecule is CCCN(CC#Cc1ccccc1)CC(O)CO. The molecule has 1 unspecified atom stereocenters. The number of aliphatic hydroxyl groups is 2. The van der Waals surface area contributed by atoms with Crippen LogP contribution >= 0.6 is 0 Å². The van der Waals surface area contributed by atoms with Gasteiger partial charge in [-0.05, 0) is 25.1 Å². The molecule has 0 bridgehead atoms. The predicted molar refractivity (Wildman–Crippen MR) is 73.1 cm³/mol. The van der Waals surface area contributed by atoms with Crippen LogP contribution in [0.15, 0.2) is 30.3 Å². The Kier molecular flexibility index (Phi) is 7.12. The highest BCUT2D eigenvalue weighted by atomic mass is 16.3. The van der Waals surface area contributed by atoms with E-state index in [4.69, 9.17) is 5.11 Å². The lowest BCUT2D eigenvalue weighted by Gasteiger charge is -2.21. The van der Waals surface area contributed by atoms with Gasteiger partial charge in [0.1, 0.15) is 0 Å². The topological polar surface area (TPSA) is 43.7 Å². The van der Waals surface area contributed by atoms with Crippen LogP contribution in [0.5, 0.6) is 0 Å². The first-order valence-corrected chi connectivity index (χ1v) is 6.31. The molecule has 3 heteroatoms. The van der Waals surface area contributed by atoms with Crippen molar-refractivity contribution < 1.29 is 10.2 Å². The highest BCUT2D eigenvalue weighted by Gasteiger charge is 2.08. The number of aliphatic hydroxyl groups excluding tert-OH is 2. The summed E-state index contributed by atoms with van der Waals surface area (Å²) in [5, 5.41) is 18.3. The fourth-order valence-corrected chi connectivity index (χ4v) is 1.68. The lowest BCUT2D eigenvalue weighted by Crippen LogP contribution is -2.35. The number of benzene rings is 1. The molecule has 0 heterocycles. The van der Waals surface area contributed by atoms with Gasteiger partial charge in [-0.25, -0.2) is 0 Å². The minimum atomic E-state index is -0.685. The third-order valence-corrected chi connectivity index (χ3v) is 2.53. The fraction of sp³-hybridized carbons (Fsp3) is 0.467. The molecule has 0 aliphatic heterocycles. The third kappa shape index (κ3) is 5.83. The van der Waals surface area contributed by atoms with Gasteiger partial charge in [0.25, 0.3) is 0 Å². The lowest BCUT2D eigenvalue weighted by atomic mass is 10.2. The number of rotatable bonds is 6. The van der Waals surface area contributed by atoms with Crippen molar-refractivity contribution in [3.63, 3.8) is 0 Å². The van der Waals surface area contributed by atoms with Crippen molar-refractivity contribution in [3.05, 3.63) is 35.9 Å². The number of nitrogens with zero attached hydrogens (tertiary/aromatic N) is 1. The first-order chi connectivity index (χ1) is 8.76. The molecule has 18 heavy (non-hydrogen) atoms. The highest BCUT2D eigenvalue weighted by Crippen LogP contribution is 1.97. The first-order valence-electron chi connectivity index (χ1n) is 6.31. The molecule has 0 amide bonds. The van der Waals surface area contributed by atoms with E-state index in [0.29, 0.717) is 13.1 Å². The zero-order chi connectivity index (χ0) is 13.2. The van der Waals surface area contributed by atoms with Crippen LogP contribution in [0.2, 0.25) is 0 Å². The molecule has 2 N–H and O–H groups in total. The van der Waals surface area contributed by atoms with Gasteiger partial charge in [0.15, 0.2) is 0 Å². The van der Waals surface area contributed by atoms with Crippen LogP contribution in [0.4, 0.5) is 0 Å². The zero-order valence-electron chi connectivity index (χ0n) is 10.8. The van der Waals surface area contributed by atoms with Gasteiger partial charge in [0, 0.05) is 12.1 Å². The van der Waals surface area contributed by atoms with Crippen molar-refractivity contribution in [3.8, 4) is 11.8 Å². The maximum Gasteiger partial charge on any atom is 0.0897 e. The van der Waals surface area contributed by atoms with Gasteiger partial charge in [-0.1, -0.05) is 37.0 Å². The summed E-state index contributed by atoms with van der Waals surface area (Å²) in [5.74, 6) is 6.19. The van der Waals surface area contributed by atoms with Crippen molar-refractivity contribution in [1.29, 1.82) is 0 Å². The smallest absolute Gasteiger partial charge is 0.0897 e. The lowest BCUT2D eigenvalue weighted by molar-refractivity contribution is 0.0631. The van der Waals surface area contributed by atoms with Crippen molar-refractivity contribution in [2.24, 2.45) is 0 Å². The maximum absolute atomic E-state index is 9.43. The van der Waals surface area contributed by atoms with E-state index in [1.54, 1.807) is 0 Å². The summed E-state index contributed by atoms with van der Waals surface area (Å²) in [5.41, 5.74) is 0.997. The molecule has 0 aromatic heterocycles. The van der Waals surface area contributed by atoms with Crippen LogP contribution in [0.1, 0.15) is 18.9 Å². The van der Waals surface area contributed by atoms with Crippen LogP contribution < -0.4 is 0 Å². The molecule has 0 radical (unpaired) electrons. The van der Waals surface area contributed by atoms with Gasteiger partial charge in [0.2, 0.25) is 0 Å². The van der Waals surface area contributed by atoms with E-state index in [1.165, 1.54) is 0 Å². The van der Waals surface area contributed by atoms with Gasteiger partial charge < -0.3 is 10.2 Å². The molecule has 0 saturated carbocycles. The monoisotopic (exact) mass is 247 g/mol. The van der Waals surface area contributed by atoms with E-state index in [-0.39, 0.29) is 6.61 Å². The average Bonchev–Trinajstić information content (AvgIpc) is 2.40. The minimum Gasteiger partial charge on any atom is -0.394 e. The van der Waals surface area contributed by atoms with Gasteiger partial charge >= 0.3 is 0 Å². The molecule has 98 valence electrons. The molecular weight excluding hydrogens is 226 g/mol. The molecule has 0 aliphatic rings. The van der Waals surface area contributed by atoms with Gasteiger partial charge in [-0.3, -0.25) is 4.90 Å². The maximum atomic E-state index is 9.43. The Labute approximate surface area is 109 Å². The summed E-state index contributed by atoms with van der Waals surface area (Å²) >= 11 is 0. The van der Waals surface area contributed by atoms with E-state index in [2.05, 4.69) is 23.7 Å². The Morgan fingerprint density at radius 2 is 2.00 bits per heavy atom. The third-order valence-electron chi connectivity index (χ3n) is 2.53. The zero-order valence-corrected chi connectivity index (χ0v) is 10.8. The van der Waals surface area contributed by atoms with E-state index in [0.717, 1.165) is 18.5 Å². The predicted octanol–water partition coefficient (Wildman–Crippen LogP) is 1.10. The molecule has 1 rings (SSSR count). The summed E-state index contributed by atoms with van der Waals surface area (Å²) in [6.45, 7) is 3.84. The van der Waals surface area contributed by atoms with E-state index >= 15 is 0 Å². The highest BCUT2D eigenvalue weighted by molar-refractivity contribution is 5.33. The molecule has 0 aliphatic carbocycles. The second kappa shape index (κ2) is 8.71. The van der Waals surface area contributed by atoms with Gasteiger partial charge in [0.05, 0.1) is 19.3 Å². The van der Waals surface area contributed by atoms with Crippen LogP contribution in [0.3, 0.4) is 0 Å². The normalized spacial score (nSPS) is 12.0. The van der Waals surface area contributed by atoms with Gasteiger partial charge in [-0.15, -0.1) is 0 Å². The van der Waals surface area contributed by atoms with Crippen LogP contribution in [0.25, 0.3) is 0 Å². The molecule has 3 nitrogen and oxygen atoms in total. The second-order valence-electron chi connectivity index (χ2n) is 4.24. The molecule has 0 fully saturated rings. The van der Waals surface area contributed by atoms with Crippen molar-refractivity contribution in [2.75, 3.05) is 26.2 Å². The molecule has 1 aromatic rings. The van der Waals surface area contributed by atoms with E-state index in [1.807, 2.05) is 30.3 Å². The van der Waals surface area contributed by atoms with E-state index in [9.17, 15) is 5.11 Å². The summed E-state index contributed by atoms with van der Waals surface area (Å²) in [4.78, 5) is 2.05. The Bertz CT molecular complexity index is 380.